The predicted molar refractivity (Wildman–Crippen MR) is 127 cm³/mol. The highest BCUT2D eigenvalue weighted by Gasteiger charge is 2.30. The number of benzene rings is 2. The molecule has 5 aromatic rings. The molecule has 0 aliphatic heterocycles. The van der Waals surface area contributed by atoms with Crippen molar-refractivity contribution in [3.8, 4) is 5.75 Å². The summed E-state index contributed by atoms with van der Waals surface area (Å²) in [6.45, 7) is 0. The second kappa shape index (κ2) is 8.06. The van der Waals surface area contributed by atoms with Gasteiger partial charge in [-0.25, -0.2) is 19.9 Å². The van der Waals surface area contributed by atoms with E-state index in [0.717, 1.165) is 12.8 Å². The van der Waals surface area contributed by atoms with Crippen molar-refractivity contribution in [1.29, 1.82) is 0 Å². The fraction of sp³-hybridized carbons (Fsp3) is 0.136. The van der Waals surface area contributed by atoms with E-state index in [2.05, 4.69) is 40.5 Å². The van der Waals surface area contributed by atoms with Gasteiger partial charge in [-0.3, -0.25) is 10.1 Å². The Morgan fingerprint density at radius 1 is 1.06 bits per heavy atom. The lowest BCUT2D eigenvalue weighted by molar-refractivity contribution is -0.117. The van der Waals surface area contributed by atoms with Crippen LogP contribution in [0, 0.1) is 5.92 Å². The first-order chi connectivity index (χ1) is 16.9. The fourth-order valence-corrected chi connectivity index (χ4v) is 4.46. The third-order valence-corrected chi connectivity index (χ3v) is 6.73. The van der Waals surface area contributed by atoms with Crippen molar-refractivity contribution in [2.45, 2.75) is 17.7 Å². The number of fused-ring (bicyclic) bond motifs is 2. The van der Waals surface area contributed by atoms with Gasteiger partial charge in [0, 0.05) is 17.7 Å². The van der Waals surface area contributed by atoms with Gasteiger partial charge in [-0.15, -0.1) is 0 Å². The van der Waals surface area contributed by atoms with E-state index in [9.17, 15) is 13.2 Å². The maximum atomic E-state index is 12.8. The first-order valence-corrected chi connectivity index (χ1v) is 12.1. The molecule has 0 unspecified atom stereocenters. The maximum Gasteiger partial charge on any atom is 0.339 e. The molecule has 13 heteroatoms. The quantitative estimate of drug-likeness (QED) is 0.251. The number of amides is 1. The molecule has 3 aromatic heterocycles. The van der Waals surface area contributed by atoms with E-state index < -0.39 is 10.1 Å². The molecule has 3 heterocycles. The van der Waals surface area contributed by atoms with Crippen LogP contribution in [0.5, 0.6) is 5.75 Å². The summed E-state index contributed by atoms with van der Waals surface area (Å²) >= 11 is 0. The lowest BCUT2D eigenvalue weighted by Crippen LogP contribution is -2.14. The number of H-pyrrole nitrogens is 2. The van der Waals surface area contributed by atoms with Crippen LogP contribution in [0.1, 0.15) is 12.8 Å². The van der Waals surface area contributed by atoms with Crippen LogP contribution in [-0.4, -0.2) is 44.2 Å². The lowest BCUT2D eigenvalue weighted by Gasteiger charge is -2.09. The average molecular weight is 491 g/mol. The average Bonchev–Trinajstić information content (AvgIpc) is 3.45. The Morgan fingerprint density at radius 3 is 2.69 bits per heavy atom. The largest absolute Gasteiger partial charge is 0.379 e. The third-order valence-electron chi connectivity index (χ3n) is 5.47. The molecule has 0 bridgehead atoms. The van der Waals surface area contributed by atoms with Crippen LogP contribution in [0.15, 0.2) is 60.0 Å². The lowest BCUT2D eigenvalue weighted by atomic mass is 10.3. The summed E-state index contributed by atoms with van der Waals surface area (Å²) in [5.74, 6) is 0.878. The number of rotatable bonds is 7. The van der Waals surface area contributed by atoms with Gasteiger partial charge in [-0.1, -0.05) is 0 Å². The highest BCUT2D eigenvalue weighted by molar-refractivity contribution is 7.87. The van der Waals surface area contributed by atoms with Crippen molar-refractivity contribution in [3.05, 3.63) is 55.1 Å². The van der Waals surface area contributed by atoms with Gasteiger partial charge in [-0.2, -0.15) is 8.42 Å². The van der Waals surface area contributed by atoms with E-state index in [1.165, 1.54) is 36.9 Å². The highest BCUT2D eigenvalue weighted by Crippen LogP contribution is 2.30. The van der Waals surface area contributed by atoms with E-state index in [0.29, 0.717) is 39.7 Å². The molecule has 1 aliphatic carbocycles. The second-order valence-electron chi connectivity index (χ2n) is 8.04. The van der Waals surface area contributed by atoms with Gasteiger partial charge in [-0.05, 0) is 49.2 Å². The van der Waals surface area contributed by atoms with Gasteiger partial charge in [0.05, 0.1) is 17.4 Å². The van der Waals surface area contributed by atoms with Crippen LogP contribution < -0.4 is 14.8 Å². The predicted octanol–water partition coefficient (Wildman–Crippen LogP) is 3.09. The van der Waals surface area contributed by atoms with Crippen molar-refractivity contribution in [2.24, 2.45) is 5.92 Å². The van der Waals surface area contributed by atoms with Crippen molar-refractivity contribution < 1.29 is 17.4 Å². The number of carbonyl (C=O) groups excluding carboxylic acids is 1. The first-order valence-electron chi connectivity index (χ1n) is 10.7. The summed E-state index contributed by atoms with van der Waals surface area (Å²) in [6, 6.07) is 10.7. The van der Waals surface area contributed by atoms with Crippen LogP contribution in [0.3, 0.4) is 0 Å². The molecule has 4 N–H and O–H groups in total. The van der Waals surface area contributed by atoms with E-state index in [-0.39, 0.29) is 22.5 Å². The van der Waals surface area contributed by atoms with Crippen molar-refractivity contribution in [2.75, 3.05) is 10.6 Å². The Bertz CT molecular complexity index is 1670. The number of carbonyl (C=O) groups is 1. The molecule has 0 spiro atoms. The minimum absolute atomic E-state index is 0.0184. The molecule has 12 nitrogen and oxygen atoms in total. The Balaban J connectivity index is 1.18. The zero-order valence-electron chi connectivity index (χ0n) is 18.0. The van der Waals surface area contributed by atoms with Crippen LogP contribution in [-0.2, 0) is 14.9 Å². The Hall–Kier alpha value is -4.52. The van der Waals surface area contributed by atoms with E-state index >= 15 is 0 Å². The zero-order valence-corrected chi connectivity index (χ0v) is 18.8. The summed E-state index contributed by atoms with van der Waals surface area (Å²) in [5, 5.41) is 5.83. The van der Waals surface area contributed by atoms with Crippen LogP contribution >= 0.6 is 0 Å². The van der Waals surface area contributed by atoms with Gasteiger partial charge in [0.25, 0.3) is 0 Å². The molecule has 35 heavy (non-hydrogen) atoms. The summed E-state index contributed by atoms with van der Waals surface area (Å²) in [4.78, 5) is 34.6. The molecule has 2 aromatic carbocycles. The number of nitrogens with zero attached hydrogens (tertiary/aromatic N) is 4. The van der Waals surface area contributed by atoms with Crippen LogP contribution in [0.25, 0.3) is 22.2 Å². The fourth-order valence-electron chi connectivity index (χ4n) is 3.53. The van der Waals surface area contributed by atoms with Gasteiger partial charge < -0.3 is 19.5 Å². The van der Waals surface area contributed by atoms with Gasteiger partial charge in [0.1, 0.15) is 17.0 Å². The minimum Gasteiger partial charge on any atom is -0.379 e. The molecule has 0 radical (unpaired) electrons. The molecule has 1 amide bonds. The van der Waals surface area contributed by atoms with E-state index in [1.807, 2.05) is 0 Å². The van der Waals surface area contributed by atoms with E-state index in [1.54, 1.807) is 18.2 Å². The molecular weight excluding hydrogens is 472 g/mol. The minimum atomic E-state index is -4.09. The number of hydrogen-bond acceptors (Lipinski definition) is 9. The number of hydrogen-bond donors (Lipinski definition) is 4. The number of anilines is 3. The topological polar surface area (TPSA) is 168 Å². The Kier molecular flexibility index (Phi) is 4.84. The van der Waals surface area contributed by atoms with E-state index in [4.69, 9.17) is 4.18 Å². The number of nitrogens with one attached hydrogen (secondary N) is 4. The Labute approximate surface area is 198 Å². The van der Waals surface area contributed by atoms with Gasteiger partial charge in [0.15, 0.2) is 17.0 Å². The summed E-state index contributed by atoms with van der Waals surface area (Å²) in [6.07, 6.45) is 4.68. The number of aromatic nitrogens is 6. The number of aromatic amines is 2. The summed E-state index contributed by atoms with van der Waals surface area (Å²) in [5.41, 5.74) is 2.88. The molecule has 1 saturated carbocycles. The molecule has 1 fully saturated rings. The van der Waals surface area contributed by atoms with Gasteiger partial charge >= 0.3 is 10.1 Å². The summed E-state index contributed by atoms with van der Waals surface area (Å²) < 4.78 is 31.0. The molecule has 6 rings (SSSR count). The molecule has 176 valence electrons. The van der Waals surface area contributed by atoms with Crippen molar-refractivity contribution >= 4 is 55.7 Å². The molecule has 1 aliphatic rings. The molecular formula is C22H18N8O4S. The normalized spacial score (nSPS) is 13.7. The third kappa shape index (κ3) is 4.24. The Morgan fingerprint density at radius 2 is 1.89 bits per heavy atom. The van der Waals surface area contributed by atoms with Gasteiger partial charge in [0.2, 0.25) is 11.9 Å². The second-order valence-corrected chi connectivity index (χ2v) is 9.58. The molecule has 0 atom stereocenters. The number of imidazole rings is 2. The smallest absolute Gasteiger partial charge is 0.339 e. The van der Waals surface area contributed by atoms with Crippen molar-refractivity contribution in [1.82, 2.24) is 29.9 Å². The SMILES string of the molecule is O=C(Nc1nc2cc(OS(=O)(=O)c3ccc(Nc4ncnc5[nH]cnc45)cc3)ccc2[nH]1)C1CC1. The molecule has 0 saturated heterocycles. The van der Waals surface area contributed by atoms with Crippen LogP contribution in [0.4, 0.5) is 17.5 Å². The standard InChI is InChI=1S/C22H18N8O4S/c31-21(12-1-2-12)30-22-28-16-8-5-14(9-17(16)29-22)34-35(32,33)15-6-3-13(4-7-15)27-20-18-19(24-10-23-18)25-11-26-20/h3-12H,1-2H2,(H2,28,29,30,31)(H2,23,24,25,26,27). The maximum absolute atomic E-state index is 12.8. The monoisotopic (exact) mass is 490 g/mol. The van der Waals surface area contributed by atoms with Crippen molar-refractivity contribution in [3.63, 3.8) is 0 Å². The summed E-state index contributed by atoms with van der Waals surface area (Å²) in [7, 11) is -4.09. The van der Waals surface area contributed by atoms with Crippen LogP contribution in [0.2, 0.25) is 0 Å². The first kappa shape index (κ1) is 21.0. The highest BCUT2D eigenvalue weighted by atomic mass is 32.2. The zero-order chi connectivity index (χ0) is 24.0.